The average Bonchev–Trinajstić information content (AvgIpc) is 3.40. The third-order valence-corrected chi connectivity index (χ3v) is 6.21. The number of aromatic hydroxyl groups is 1. The lowest BCUT2D eigenvalue weighted by atomic mass is 10.0. The van der Waals surface area contributed by atoms with Crippen molar-refractivity contribution in [2.45, 2.75) is 32.2 Å². The predicted octanol–water partition coefficient (Wildman–Crippen LogP) is 4.79. The van der Waals surface area contributed by atoms with Crippen LogP contribution in [0.3, 0.4) is 0 Å². The van der Waals surface area contributed by atoms with Gasteiger partial charge in [0.1, 0.15) is 0 Å². The largest absolute Gasteiger partial charge is 0.494 e. The Morgan fingerprint density at radius 3 is 2.58 bits per heavy atom. The van der Waals surface area contributed by atoms with Gasteiger partial charge in [0.2, 0.25) is 0 Å². The van der Waals surface area contributed by atoms with Gasteiger partial charge in [0.25, 0.3) is 0 Å². The van der Waals surface area contributed by atoms with Gasteiger partial charge in [-0.2, -0.15) is 0 Å². The fraction of sp³-hybridized carbons (Fsp3) is 0.360. The minimum absolute atomic E-state index is 0.0910. The molecule has 0 unspecified atom stereocenters. The fourth-order valence-corrected chi connectivity index (χ4v) is 4.40. The van der Waals surface area contributed by atoms with Crippen molar-refractivity contribution in [2.24, 2.45) is 10.9 Å². The van der Waals surface area contributed by atoms with Crippen LogP contribution in [0.5, 0.6) is 5.88 Å². The number of nitrogens with zero attached hydrogens (tertiary/aromatic N) is 2. The first kappa shape index (κ1) is 19.8. The predicted molar refractivity (Wildman–Crippen MR) is 121 cm³/mol. The monoisotopic (exact) mass is 417 g/mol. The Morgan fingerprint density at radius 1 is 1.16 bits per heavy atom. The molecule has 0 radical (unpaired) electrons. The molecule has 2 heterocycles. The molecule has 2 aromatic carbocycles. The summed E-state index contributed by atoms with van der Waals surface area (Å²) in [6.45, 7) is 3.34. The van der Waals surface area contributed by atoms with Crippen molar-refractivity contribution >= 4 is 28.3 Å². The van der Waals surface area contributed by atoms with E-state index in [1.165, 1.54) is 38.6 Å². The third kappa shape index (κ3) is 4.08. The zero-order chi connectivity index (χ0) is 21.4. The SMILES string of the molecule is COC(=O)c1ccc2[nH]c(O)c(C(=Nc3ccc(CN4CCCC4)cc3)C3CC3)c2c1. The van der Waals surface area contributed by atoms with Gasteiger partial charge in [-0.3, -0.25) is 9.89 Å². The zero-order valence-corrected chi connectivity index (χ0v) is 17.7. The van der Waals surface area contributed by atoms with Crippen LogP contribution in [0, 0.1) is 5.92 Å². The van der Waals surface area contributed by atoms with Crippen molar-refractivity contribution in [2.75, 3.05) is 20.2 Å². The maximum Gasteiger partial charge on any atom is 0.337 e. The van der Waals surface area contributed by atoms with Crippen LogP contribution >= 0.6 is 0 Å². The summed E-state index contributed by atoms with van der Waals surface area (Å²) in [6, 6.07) is 13.7. The normalized spacial score (nSPS) is 17.4. The first-order valence-electron chi connectivity index (χ1n) is 11.0. The summed E-state index contributed by atoms with van der Waals surface area (Å²) < 4.78 is 4.86. The quantitative estimate of drug-likeness (QED) is 0.447. The van der Waals surface area contributed by atoms with E-state index < -0.39 is 5.97 Å². The molecule has 31 heavy (non-hydrogen) atoms. The zero-order valence-electron chi connectivity index (χ0n) is 17.7. The number of fused-ring (bicyclic) bond motifs is 1. The number of benzene rings is 2. The van der Waals surface area contributed by atoms with E-state index in [9.17, 15) is 9.90 Å². The first-order valence-corrected chi connectivity index (χ1v) is 11.0. The summed E-state index contributed by atoms with van der Waals surface area (Å²) >= 11 is 0. The van der Waals surface area contributed by atoms with Crippen LogP contribution in [0.2, 0.25) is 0 Å². The molecule has 1 aromatic heterocycles. The molecule has 6 heteroatoms. The van der Waals surface area contributed by atoms with E-state index in [-0.39, 0.29) is 5.88 Å². The molecule has 0 atom stereocenters. The number of H-pyrrole nitrogens is 1. The molecular weight excluding hydrogens is 390 g/mol. The molecule has 1 aliphatic heterocycles. The molecule has 2 aliphatic rings. The standard InChI is InChI=1S/C25H27N3O3/c1-31-25(30)18-8-11-21-20(14-18)22(24(29)27-21)23(17-6-7-17)26-19-9-4-16(5-10-19)15-28-12-2-3-13-28/h4-5,8-11,14,17,27,29H,2-3,6-7,12-13,15H2,1H3. The minimum Gasteiger partial charge on any atom is -0.494 e. The van der Waals surface area contributed by atoms with Gasteiger partial charge in [0, 0.05) is 23.4 Å². The number of aromatic nitrogens is 1. The Hall–Kier alpha value is -3.12. The summed E-state index contributed by atoms with van der Waals surface area (Å²) in [7, 11) is 1.37. The number of methoxy groups -OCH3 is 1. The lowest BCUT2D eigenvalue weighted by molar-refractivity contribution is 0.0601. The minimum atomic E-state index is -0.396. The molecule has 2 fully saturated rings. The highest BCUT2D eigenvalue weighted by atomic mass is 16.5. The summed E-state index contributed by atoms with van der Waals surface area (Å²) in [5, 5.41) is 11.5. The lowest BCUT2D eigenvalue weighted by Gasteiger charge is -2.14. The Labute approximate surface area is 181 Å². The van der Waals surface area contributed by atoms with Crippen LogP contribution in [0.4, 0.5) is 5.69 Å². The number of ether oxygens (including phenoxy) is 1. The van der Waals surface area contributed by atoms with E-state index in [1.807, 2.05) is 0 Å². The number of rotatable bonds is 6. The van der Waals surface area contributed by atoms with Crippen molar-refractivity contribution in [3.8, 4) is 5.88 Å². The molecule has 160 valence electrons. The van der Waals surface area contributed by atoms with Crippen molar-refractivity contribution in [3.63, 3.8) is 0 Å². The van der Waals surface area contributed by atoms with E-state index in [4.69, 9.17) is 9.73 Å². The maximum atomic E-state index is 12.0. The Morgan fingerprint density at radius 2 is 1.90 bits per heavy atom. The van der Waals surface area contributed by atoms with Crippen LogP contribution in [0.25, 0.3) is 10.9 Å². The molecule has 3 aromatic rings. The smallest absolute Gasteiger partial charge is 0.337 e. The lowest BCUT2D eigenvalue weighted by Crippen LogP contribution is -2.18. The van der Waals surface area contributed by atoms with Crippen molar-refractivity contribution in [1.29, 1.82) is 0 Å². The van der Waals surface area contributed by atoms with Crippen LogP contribution in [-0.4, -0.2) is 46.9 Å². The van der Waals surface area contributed by atoms with Crippen molar-refractivity contribution < 1.29 is 14.6 Å². The fourth-order valence-electron chi connectivity index (χ4n) is 4.40. The molecule has 0 amide bonds. The number of carbonyl (C=O) groups excluding carboxylic acids is 1. The number of hydrogen-bond donors (Lipinski definition) is 2. The molecule has 0 bridgehead atoms. The van der Waals surface area contributed by atoms with Gasteiger partial charge in [-0.25, -0.2) is 4.79 Å². The number of likely N-dealkylation sites (tertiary alicyclic amines) is 1. The van der Waals surface area contributed by atoms with Crippen molar-refractivity contribution in [3.05, 3.63) is 59.2 Å². The van der Waals surface area contributed by atoms with Crippen LogP contribution < -0.4 is 0 Å². The molecule has 2 N–H and O–H groups in total. The Balaban J connectivity index is 1.49. The highest BCUT2D eigenvalue weighted by Gasteiger charge is 2.32. The summed E-state index contributed by atoms with van der Waals surface area (Å²) in [4.78, 5) is 22.5. The molecular formula is C25H27N3O3. The third-order valence-electron chi connectivity index (χ3n) is 6.21. The van der Waals surface area contributed by atoms with Gasteiger partial charge in [-0.05, 0) is 74.7 Å². The Kier molecular flexibility index (Phi) is 5.24. The second-order valence-corrected chi connectivity index (χ2v) is 8.52. The van der Waals surface area contributed by atoms with Gasteiger partial charge in [-0.1, -0.05) is 12.1 Å². The van der Waals surface area contributed by atoms with Gasteiger partial charge in [-0.15, -0.1) is 0 Å². The first-order chi connectivity index (χ1) is 15.1. The van der Waals surface area contributed by atoms with Crippen molar-refractivity contribution in [1.82, 2.24) is 9.88 Å². The maximum absolute atomic E-state index is 12.0. The summed E-state index contributed by atoms with van der Waals surface area (Å²) in [6.07, 6.45) is 4.68. The number of aliphatic imine (C=N–C) groups is 1. The summed E-state index contributed by atoms with van der Waals surface area (Å²) in [5.41, 5.74) is 4.96. The van der Waals surface area contributed by atoms with E-state index in [0.717, 1.165) is 41.7 Å². The second kappa shape index (κ2) is 8.19. The number of aromatic amines is 1. The number of carbonyl (C=O) groups is 1. The van der Waals surface area contributed by atoms with Gasteiger partial charge in [0.15, 0.2) is 5.88 Å². The molecule has 0 spiro atoms. The topological polar surface area (TPSA) is 77.9 Å². The highest BCUT2D eigenvalue weighted by Crippen LogP contribution is 2.40. The van der Waals surface area contributed by atoms with E-state index in [0.29, 0.717) is 17.0 Å². The second-order valence-electron chi connectivity index (χ2n) is 8.52. The van der Waals surface area contributed by atoms with E-state index in [2.05, 4.69) is 34.1 Å². The number of nitrogens with one attached hydrogen (secondary N) is 1. The molecule has 5 rings (SSSR count). The van der Waals surface area contributed by atoms with Crippen LogP contribution in [0.15, 0.2) is 47.5 Å². The molecule has 1 saturated carbocycles. The summed E-state index contributed by atoms with van der Waals surface area (Å²) in [5.74, 6) is 0.0105. The number of esters is 1. The van der Waals surface area contributed by atoms with E-state index >= 15 is 0 Å². The number of hydrogen-bond acceptors (Lipinski definition) is 5. The molecule has 1 saturated heterocycles. The van der Waals surface area contributed by atoms with Crippen LogP contribution in [-0.2, 0) is 11.3 Å². The van der Waals surface area contributed by atoms with Gasteiger partial charge >= 0.3 is 5.97 Å². The highest BCUT2D eigenvalue weighted by molar-refractivity contribution is 6.16. The van der Waals surface area contributed by atoms with Gasteiger partial charge in [0.05, 0.1) is 29.6 Å². The van der Waals surface area contributed by atoms with Gasteiger partial charge < -0.3 is 14.8 Å². The molecule has 6 nitrogen and oxygen atoms in total. The van der Waals surface area contributed by atoms with Crippen LogP contribution in [0.1, 0.15) is 47.2 Å². The Bertz CT molecular complexity index is 1140. The van der Waals surface area contributed by atoms with E-state index in [1.54, 1.807) is 18.2 Å². The molecule has 1 aliphatic carbocycles. The average molecular weight is 418 g/mol.